The molecule has 1 N–H and O–H groups in total. The summed E-state index contributed by atoms with van der Waals surface area (Å²) in [5, 5.41) is 9.90. The van der Waals surface area contributed by atoms with Crippen LogP contribution in [-0.2, 0) is 9.59 Å². The molecule has 0 fully saturated rings. The largest absolute Gasteiger partial charge is 0.497 e. The van der Waals surface area contributed by atoms with Gasteiger partial charge in [-0.1, -0.05) is 41.6 Å². The molecule has 5 rings (SSSR count). The average molecular weight is 563 g/mol. The maximum atomic E-state index is 12.9. The number of carbonyl (C=O) groups excluding carboxylic acids is 2. The Hall–Kier alpha value is -3.82. The molecule has 2 atom stereocenters. The molecule has 8 nitrogen and oxygen atoms in total. The Morgan fingerprint density at radius 2 is 1.72 bits per heavy atom. The predicted molar refractivity (Wildman–Crippen MR) is 155 cm³/mol. The second-order valence-electron chi connectivity index (χ2n) is 9.17. The summed E-state index contributed by atoms with van der Waals surface area (Å²) in [4.78, 5) is 29.9. The molecule has 0 radical (unpaired) electrons. The molecule has 2 amide bonds. The standard InChI is InChI=1S/C29H27ClN4O4S/c1-17-4-9-20(14-23(17)30)31-27(35)16-26-28(36)32-29(39-26)34-25(19-7-12-22(38-3)13-8-19)15-24(33-34)18-5-10-21(37-2)11-6-18/h4-14,25-26H,15-16H2,1-3H3,(H,31,35). The predicted octanol–water partition coefficient (Wildman–Crippen LogP) is 5.84. The first kappa shape index (κ1) is 26.8. The Morgan fingerprint density at radius 3 is 2.36 bits per heavy atom. The molecule has 0 bridgehead atoms. The molecule has 10 heteroatoms. The number of benzene rings is 3. The molecule has 200 valence electrons. The maximum absolute atomic E-state index is 12.9. The van der Waals surface area contributed by atoms with E-state index in [4.69, 9.17) is 26.2 Å². The lowest BCUT2D eigenvalue weighted by molar-refractivity contribution is -0.121. The van der Waals surface area contributed by atoms with E-state index >= 15 is 0 Å². The van der Waals surface area contributed by atoms with Gasteiger partial charge < -0.3 is 14.8 Å². The minimum Gasteiger partial charge on any atom is -0.497 e. The fourth-order valence-electron chi connectivity index (χ4n) is 4.39. The van der Waals surface area contributed by atoms with Crippen LogP contribution in [0.15, 0.2) is 76.8 Å². The topological polar surface area (TPSA) is 92.6 Å². The van der Waals surface area contributed by atoms with Crippen LogP contribution in [0.2, 0.25) is 5.02 Å². The van der Waals surface area contributed by atoms with E-state index in [9.17, 15) is 9.59 Å². The summed E-state index contributed by atoms with van der Waals surface area (Å²) in [6.07, 6.45) is 0.601. The normalized spacial score (nSPS) is 18.6. The van der Waals surface area contributed by atoms with Gasteiger partial charge in [-0.2, -0.15) is 10.1 Å². The monoisotopic (exact) mass is 562 g/mol. The average Bonchev–Trinajstić information content (AvgIpc) is 3.54. The number of carbonyl (C=O) groups is 2. The first-order valence-electron chi connectivity index (χ1n) is 12.3. The van der Waals surface area contributed by atoms with Crippen molar-refractivity contribution in [2.45, 2.75) is 31.1 Å². The maximum Gasteiger partial charge on any atom is 0.262 e. The van der Waals surface area contributed by atoms with Crippen LogP contribution in [-0.4, -0.2) is 47.2 Å². The van der Waals surface area contributed by atoms with Crippen molar-refractivity contribution in [3.8, 4) is 11.5 Å². The number of anilines is 1. The molecule has 2 aliphatic heterocycles. The van der Waals surface area contributed by atoms with Crippen LogP contribution in [0.1, 0.15) is 35.6 Å². The molecule has 0 aliphatic carbocycles. The van der Waals surface area contributed by atoms with Crippen LogP contribution in [0.4, 0.5) is 5.69 Å². The van der Waals surface area contributed by atoms with E-state index in [0.29, 0.717) is 22.3 Å². The summed E-state index contributed by atoms with van der Waals surface area (Å²) in [5.41, 5.74) is 4.34. The number of rotatable bonds is 7. The molecule has 3 aromatic rings. The van der Waals surface area contributed by atoms with Crippen molar-refractivity contribution in [1.82, 2.24) is 5.01 Å². The van der Waals surface area contributed by atoms with E-state index in [2.05, 4.69) is 10.3 Å². The zero-order valence-electron chi connectivity index (χ0n) is 21.7. The molecule has 2 heterocycles. The Kier molecular flexibility index (Phi) is 7.90. The van der Waals surface area contributed by atoms with E-state index < -0.39 is 5.25 Å². The van der Waals surface area contributed by atoms with Crippen molar-refractivity contribution in [2.75, 3.05) is 19.5 Å². The van der Waals surface area contributed by atoms with Gasteiger partial charge in [-0.15, -0.1) is 0 Å². The molecule has 0 spiro atoms. The molecule has 2 aliphatic rings. The number of hydrazone groups is 1. The van der Waals surface area contributed by atoms with Crippen LogP contribution in [0.3, 0.4) is 0 Å². The minimum absolute atomic E-state index is 0.0158. The number of hydrogen-bond donors (Lipinski definition) is 1. The van der Waals surface area contributed by atoms with Crippen molar-refractivity contribution < 1.29 is 19.1 Å². The molecule has 2 unspecified atom stereocenters. The Bertz CT molecular complexity index is 1460. The number of amides is 2. The van der Waals surface area contributed by atoms with Gasteiger partial charge in [-0.05, 0) is 72.1 Å². The smallest absolute Gasteiger partial charge is 0.262 e. The molecule has 0 saturated heterocycles. The molecule has 3 aromatic carbocycles. The molecular formula is C29H27ClN4O4S. The Balaban J connectivity index is 1.35. The second-order valence-corrected chi connectivity index (χ2v) is 10.7. The Morgan fingerprint density at radius 1 is 1.05 bits per heavy atom. The number of nitrogens with zero attached hydrogens (tertiary/aromatic N) is 3. The minimum atomic E-state index is -0.641. The third-order valence-corrected chi connectivity index (χ3v) is 8.13. The van der Waals surface area contributed by atoms with Gasteiger partial charge in [0, 0.05) is 23.6 Å². The van der Waals surface area contributed by atoms with Gasteiger partial charge >= 0.3 is 0 Å². The fourth-order valence-corrected chi connectivity index (χ4v) is 5.63. The number of aryl methyl sites for hydroxylation is 1. The number of amidine groups is 1. The summed E-state index contributed by atoms with van der Waals surface area (Å²) in [6.45, 7) is 1.89. The fraction of sp³-hybridized carbons (Fsp3) is 0.241. The third kappa shape index (κ3) is 5.94. The van der Waals surface area contributed by atoms with Crippen LogP contribution in [0.25, 0.3) is 0 Å². The van der Waals surface area contributed by atoms with Gasteiger partial charge in [-0.25, -0.2) is 5.01 Å². The van der Waals surface area contributed by atoms with E-state index in [1.54, 1.807) is 31.4 Å². The van der Waals surface area contributed by atoms with Crippen LogP contribution in [0, 0.1) is 6.92 Å². The van der Waals surface area contributed by atoms with E-state index in [-0.39, 0.29) is 24.3 Å². The number of hydrogen-bond acceptors (Lipinski definition) is 7. The second kappa shape index (κ2) is 11.5. The lowest BCUT2D eigenvalue weighted by atomic mass is 9.98. The van der Waals surface area contributed by atoms with Gasteiger partial charge in [0.1, 0.15) is 16.7 Å². The first-order chi connectivity index (χ1) is 18.8. The number of nitrogens with one attached hydrogen (secondary N) is 1. The van der Waals surface area contributed by atoms with Crippen molar-refractivity contribution in [3.05, 3.63) is 88.4 Å². The lowest BCUT2D eigenvalue weighted by Gasteiger charge is -2.23. The van der Waals surface area contributed by atoms with Gasteiger partial charge in [0.15, 0.2) is 5.17 Å². The van der Waals surface area contributed by atoms with Crippen molar-refractivity contribution in [1.29, 1.82) is 0 Å². The zero-order chi connectivity index (χ0) is 27.5. The zero-order valence-corrected chi connectivity index (χ0v) is 23.3. The summed E-state index contributed by atoms with van der Waals surface area (Å²) in [7, 11) is 3.25. The van der Waals surface area contributed by atoms with E-state index in [0.717, 1.165) is 33.9 Å². The summed E-state index contributed by atoms with van der Waals surface area (Å²) >= 11 is 7.43. The van der Waals surface area contributed by atoms with E-state index in [1.807, 2.05) is 61.5 Å². The van der Waals surface area contributed by atoms with Gasteiger partial charge in [-0.3, -0.25) is 9.59 Å². The highest BCUT2D eigenvalue weighted by Gasteiger charge is 2.39. The number of halogens is 1. The molecule has 0 aromatic heterocycles. The first-order valence-corrected chi connectivity index (χ1v) is 13.6. The van der Waals surface area contributed by atoms with Crippen molar-refractivity contribution in [3.63, 3.8) is 0 Å². The summed E-state index contributed by atoms with van der Waals surface area (Å²) in [5.74, 6) is 0.876. The third-order valence-electron chi connectivity index (χ3n) is 6.59. The Labute approximate surface area is 236 Å². The number of aliphatic imine (C=N–C) groups is 1. The van der Waals surface area contributed by atoms with Crippen LogP contribution < -0.4 is 14.8 Å². The van der Waals surface area contributed by atoms with Gasteiger partial charge in [0.05, 0.1) is 26.0 Å². The number of methoxy groups -OCH3 is 2. The van der Waals surface area contributed by atoms with Crippen molar-refractivity contribution in [2.24, 2.45) is 10.1 Å². The van der Waals surface area contributed by atoms with Crippen LogP contribution in [0.5, 0.6) is 11.5 Å². The molecule has 0 saturated carbocycles. The highest BCUT2D eigenvalue weighted by Crippen LogP contribution is 2.39. The molecule has 39 heavy (non-hydrogen) atoms. The van der Waals surface area contributed by atoms with Gasteiger partial charge in [0.25, 0.3) is 5.91 Å². The number of thioether (sulfide) groups is 1. The molecular weight excluding hydrogens is 536 g/mol. The van der Waals surface area contributed by atoms with Gasteiger partial charge in [0.2, 0.25) is 5.91 Å². The summed E-state index contributed by atoms with van der Waals surface area (Å²) in [6, 6.07) is 20.6. The highest BCUT2D eigenvalue weighted by atomic mass is 35.5. The summed E-state index contributed by atoms with van der Waals surface area (Å²) < 4.78 is 10.6. The lowest BCUT2D eigenvalue weighted by Crippen LogP contribution is -2.25. The number of ether oxygens (including phenoxy) is 2. The van der Waals surface area contributed by atoms with Crippen molar-refractivity contribution >= 4 is 51.7 Å². The SMILES string of the molecule is COc1ccc(C2=NN(C3=NC(=O)C(CC(=O)Nc4ccc(C)c(Cl)c4)S3)C(c3ccc(OC)cc3)C2)cc1. The highest BCUT2D eigenvalue weighted by molar-refractivity contribution is 8.15. The van der Waals surface area contributed by atoms with E-state index in [1.165, 1.54) is 11.8 Å². The quantitative estimate of drug-likeness (QED) is 0.389. The van der Waals surface area contributed by atoms with Crippen LogP contribution >= 0.6 is 23.4 Å².